The first-order valence-corrected chi connectivity index (χ1v) is 6.80. The summed E-state index contributed by atoms with van der Waals surface area (Å²) in [5.41, 5.74) is 1.23. The van der Waals surface area contributed by atoms with Crippen LogP contribution in [0.3, 0.4) is 0 Å². The van der Waals surface area contributed by atoms with E-state index in [-0.39, 0.29) is 24.3 Å². The van der Waals surface area contributed by atoms with Gasteiger partial charge in [-0.25, -0.2) is 0 Å². The number of nitrogens with one attached hydrogen (secondary N) is 3. The molecule has 110 valence electrons. The predicted octanol–water partition coefficient (Wildman–Crippen LogP) is 1.16. The largest absolute Gasteiger partial charge is 0.385 e. The fraction of sp³-hybridized carbons (Fsp3) is 0.500. The molecule has 0 aliphatic rings. The number of anilines is 1. The third-order valence-electron chi connectivity index (χ3n) is 2.52. The normalized spacial score (nSPS) is 10.2. The van der Waals surface area contributed by atoms with Crippen LogP contribution < -0.4 is 16.0 Å². The van der Waals surface area contributed by atoms with E-state index < -0.39 is 0 Å². The maximum absolute atomic E-state index is 12.0. The van der Waals surface area contributed by atoms with Crippen molar-refractivity contribution >= 4 is 17.5 Å². The summed E-state index contributed by atoms with van der Waals surface area (Å²) in [7, 11) is 0. The lowest BCUT2D eigenvalue weighted by Gasteiger charge is -2.11. The van der Waals surface area contributed by atoms with E-state index in [9.17, 15) is 9.59 Å². The first-order chi connectivity index (χ1) is 9.54. The van der Waals surface area contributed by atoms with Gasteiger partial charge in [-0.3, -0.25) is 14.6 Å². The molecule has 0 aliphatic carbocycles. The van der Waals surface area contributed by atoms with Crippen molar-refractivity contribution < 1.29 is 9.59 Å². The third-order valence-corrected chi connectivity index (χ3v) is 2.52. The van der Waals surface area contributed by atoms with Crippen LogP contribution >= 0.6 is 0 Å². The second-order valence-electron chi connectivity index (χ2n) is 4.68. The number of pyridine rings is 1. The van der Waals surface area contributed by atoms with E-state index in [1.807, 2.05) is 20.8 Å². The Morgan fingerprint density at radius 3 is 2.75 bits per heavy atom. The molecule has 0 atom stereocenters. The summed E-state index contributed by atoms with van der Waals surface area (Å²) in [5, 5.41) is 8.60. The van der Waals surface area contributed by atoms with Gasteiger partial charge >= 0.3 is 0 Å². The molecule has 1 heterocycles. The molecule has 0 saturated heterocycles. The van der Waals surface area contributed by atoms with Gasteiger partial charge in [0.05, 0.1) is 11.3 Å². The first-order valence-electron chi connectivity index (χ1n) is 6.80. The zero-order valence-corrected chi connectivity index (χ0v) is 12.2. The summed E-state index contributed by atoms with van der Waals surface area (Å²) in [6.07, 6.45) is 3.41. The highest BCUT2D eigenvalue weighted by Gasteiger charge is 2.11. The number of rotatable bonds is 7. The summed E-state index contributed by atoms with van der Waals surface area (Å²) < 4.78 is 0. The van der Waals surface area contributed by atoms with Gasteiger partial charge in [-0.1, -0.05) is 0 Å². The van der Waals surface area contributed by atoms with Crippen LogP contribution in [0.15, 0.2) is 18.5 Å². The molecule has 0 bridgehead atoms. The van der Waals surface area contributed by atoms with Crippen molar-refractivity contribution in [3.63, 3.8) is 0 Å². The number of carbonyl (C=O) groups is 2. The molecule has 6 heteroatoms. The molecule has 0 fully saturated rings. The Morgan fingerprint density at radius 1 is 1.35 bits per heavy atom. The summed E-state index contributed by atoms with van der Waals surface area (Å²) in [6.45, 7) is 6.78. The molecule has 1 aromatic rings. The fourth-order valence-electron chi connectivity index (χ4n) is 1.70. The van der Waals surface area contributed by atoms with Gasteiger partial charge in [-0.15, -0.1) is 0 Å². The SMILES string of the molecule is CCNc1ccncc1C(=O)NCCC(=O)NC(C)C. The highest BCUT2D eigenvalue weighted by atomic mass is 16.2. The van der Waals surface area contributed by atoms with Crippen molar-refractivity contribution in [1.82, 2.24) is 15.6 Å². The van der Waals surface area contributed by atoms with Gasteiger partial charge in [-0.05, 0) is 26.8 Å². The van der Waals surface area contributed by atoms with Crippen LogP contribution in [0.25, 0.3) is 0 Å². The molecule has 6 nitrogen and oxygen atoms in total. The van der Waals surface area contributed by atoms with E-state index in [1.54, 1.807) is 12.3 Å². The minimum absolute atomic E-state index is 0.0709. The summed E-state index contributed by atoms with van der Waals surface area (Å²) in [4.78, 5) is 27.4. The van der Waals surface area contributed by atoms with E-state index in [0.29, 0.717) is 12.1 Å². The number of aromatic nitrogens is 1. The quantitative estimate of drug-likeness (QED) is 0.699. The fourth-order valence-corrected chi connectivity index (χ4v) is 1.70. The van der Waals surface area contributed by atoms with Crippen LogP contribution in [0.2, 0.25) is 0 Å². The van der Waals surface area contributed by atoms with Crippen LogP contribution in [-0.4, -0.2) is 35.9 Å². The Balaban J connectivity index is 2.49. The monoisotopic (exact) mass is 278 g/mol. The zero-order chi connectivity index (χ0) is 15.0. The molecular formula is C14H22N4O2. The van der Waals surface area contributed by atoms with Crippen LogP contribution in [0.4, 0.5) is 5.69 Å². The topological polar surface area (TPSA) is 83.1 Å². The lowest BCUT2D eigenvalue weighted by Crippen LogP contribution is -2.34. The molecule has 0 unspecified atom stereocenters. The van der Waals surface area contributed by atoms with Gasteiger partial charge in [0.2, 0.25) is 5.91 Å². The van der Waals surface area contributed by atoms with Crippen LogP contribution in [0, 0.1) is 0 Å². The maximum Gasteiger partial charge on any atom is 0.254 e. The molecule has 0 spiro atoms. The minimum Gasteiger partial charge on any atom is -0.385 e. The van der Waals surface area contributed by atoms with E-state index in [2.05, 4.69) is 20.9 Å². The van der Waals surface area contributed by atoms with Crippen molar-refractivity contribution in [2.45, 2.75) is 33.2 Å². The Kier molecular flexibility index (Phi) is 6.49. The van der Waals surface area contributed by atoms with Gasteiger partial charge in [-0.2, -0.15) is 0 Å². The standard InChI is InChI=1S/C14H22N4O2/c1-4-16-12-5-7-15-9-11(12)14(20)17-8-6-13(19)18-10(2)3/h5,7,9-10H,4,6,8H2,1-3H3,(H,15,16)(H,17,20)(H,18,19). The van der Waals surface area contributed by atoms with Crippen LogP contribution in [-0.2, 0) is 4.79 Å². The first kappa shape index (κ1) is 15.9. The van der Waals surface area contributed by atoms with E-state index >= 15 is 0 Å². The number of amides is 2. The van der Waals surface area contributed by atoms with Crippen molar-refractivity contribution in [1.29, 1.82) is 0 Å². The molecule has 1 aromatic heterocycles. The molecule has 0 saturated carbocycles. The average Bonchev–Trinajstić information content (AvgIpc) is 2.38. The molecule has 2 amide bonds. The maximum atomic E-state index is 12.0. The van der Waals surface area contributed by atoms with Gasteiger partial charge in [0, 0.05) is 37.9 Å². The van der Waals surface area contributed by atoms with E-state index in [0.717, 1.165) is 12.2 Å². The highest BCUT2D eigenvalue weighted by Crippen LogP contribution is 2.12. The van der Waals surface area contributed by atoms with Crippen molar-refractivity contribution in [3.05, 3.63) is 24.0 Å². The molecule has 0 aliphatic heterocycles. The van der Waals surface area contributed by atoms with E-state index in [1.165, 1.54) is 6.20 Å². The van der Waals surface area contributed by atoms with Crippen LogP contribution in [0.5, 0.6) is 0 Å². The molecule has 1 rings (SSSR count). The Labute approximate surface area is 119 Å². The summed E-state index contributed by atoms with van der Waals surface area (Å²) in [5.74, 6) is -0.301. The minimum atomic E-state index is -0.230. The zero-order valence-electron chi connectivity index (χ0n) is 12.2. The number of carbonyl (C=O) groups excluding carboxylic acids is 2. The summed E-state index contributed by atoms with van der Waals surface area (Å²) >= 11 is 0. The second-order valence-corrected chi connectivity index (χ2v) is 4.68. The molecule has 0 radical (unpaired) electrons. The Bertz CT molecular complexity index is 460. The van der Waals surface area contributed by atoms with Crippen molar-refractivity contribution in [2.75, 3.05) is 18.4 Å². The number of nitrogens with zero attached hydrogens (tertiary/aromatic N) is 1. The van der Waals surface area contributed by atoms with Gasteiger partial charge in [0.25, 0.3) is 5.91 Å². The molecule has 3 N–H and O–H groups in total. The Morgan fingerprint density at radius 2 is 2.10 bits per heavy atom. The highest BCUT2D eigenvalue weighted by molar-refractivity contribution is 5.99. The van der Waals surface area contributed by atoms with E-state index in [4.69, 9.17) is 0 Å². The third kappa shape index (κ3) is 5.26. The lowest BCUT2D eigenvalue weighted by molar-refractivity contribution is -0.121. The van der Waals surface area contributed by atoms with Crippen LogP contribution in [0.1, 0.15) is 37.6 Å². The summed E-state index contributed by atoms with van der Waals surface area (Å²) in [6, 6.07) is 1.86. The number of hydrogen-bond acceptors (Lipinski definition) is 4. The Hall–Kier alpha value is -2.11. The van der Waals surface area contributed by atoms with Crippen molar-refractivity contribution in [2.24, 2.45) is 0 Å². The molecule has 20 heavy (non-hydrogen) atoms. The second kappa shape index (κ2) is 8.14. The smallest absolute Gasteiger partial charge is 0.254 e. The predicted molar refractivity (Wildman–Crippen MR) is 78.6 cm³/mol. The van der Waals surface area contributed by atoms with Gasteiger partial charge in [0.15, 0.2) is 0 Å². The van der Waals surface area contributed by atoms with Gasteiger partial charge < -0.3 is 16.0 Å². The van der Waals surface area contributed by atoms with Gasteiger partial charge in [0.1, 0.15) is 0 Å². The van der Waals surface area contributed by atoms with Crippen molar-refractivity contribution in [3.8, 4) is 0 Å². The molecule has 0 aromatic carbocycles. The average molecular weight is 278 g/mol. The lowest BCUT2D eigenvalue weighted by atomic mass is 10.2. The number of hydrogen-bond donors (Lipinski definition) is 3. The molecular weight excluding hydrogens is 256 g/mol.